The van der Waals surface area contributed by atoms with Crippen molar-refractivity contribution < 1.29 is 13.7 Å². The van der Waals surface area contributed by atoms with Crippen LogP contribution in [0.2, 0.25) is 0 Å². The van der Waals surface area contributed by atoms with E-state index in [4.69, 9.17) is 4.52 Å². The number of aromatic nitrogens is 4. The van der Waals surface area contributed by atoms with E-state index in [0.29, 0.717) is 18.9 Å². The highest BCUT2D eigenvalue weighted by molar-refractivity contribution is 5.75. The molecule has 3 rings (SSSR count). The smallest absolute Gasteiger partial charge is 0.227 e. The number of halogens is 1. The summed E-state index contributed by atoms with van der Waals surface area (Å²) in [4.78, 5) is 16.1. The highest BCUT2D eigenvalue weighted by atomic mass is 19.1. The number of hydrogen-bond donors (Lipinski definition) is 1. The molecule has 27 heavy (non-hydrogen) atoms. The van der Waals surface area contributed by atoms with Crippen LogP contribution in [0.3, 0.4) is 0 Å². The molecule has 1 amide bonds. The first-order valence-electron chi connectivity index (χ1n) is 8.88. The van der Waals surface area contributed by atoms with Crippen molar-refractivity contribution in [3.63, 3.8) is 0 Å². The van der Waals surface area contributed by atoms with E-state index in [-0.39, 0.29) is 23.7 Å². The largest absolute Gasteiger partial charge is 0.356 e. The van der Waals surface area contributed by atoms with E-state index in [2.05, 4.69) is 20.6 Å². The second-order valence-electron chi connectivity index (χ2n) is 6.35. The normalized spacial score (nSPS) is 10.9. The van der Waals surface area contributed by atoms with Gasteiger partial charge in [-0.25, -0.2) is 4.39 Å². The Labute approximate surface area is 156 Å². The number of benzene rings is 1. The minimum atomic E-state index is -0.412. The van der Waals surface area contributed by atoms with Crippen molar-refractivity contribution in [3.8, 4) is 11.4 Å². The lowest BCUT2D eigenvalue weighted by atomic mass is 10.2. The monoisotopic (exact) mass is 371 g/mol. The molecular weight excluding hydrogens is 349 g/mol. The lowest BCUT2D eigenvalue weighted by Gasteiger charge is -2.06. The standard InChI is InChI=1S/C19H22FN5O2/c1-13-12-14(2)25(23-13)11-5-10-21-17(26)8-9-18-22-19(24-27-18)15-6-3-4-7-16(15)20/h3-4,6-7,12H,5,8-11H2,1-2H3,(H,21,26). The molecule has 0 fully saturated rings. The van der Waals surface area contributed by atoms with E-state index < -0.39 is 5.82 Å². The van der Waals surface area contributed by atoms with Crippen molar-refractivity contribution in [2.45, 2.75) is 39.7 Å². The van der Waals surface area contributed by atoms with Gasteiger partial charge in [-0.3, -0.25) is 9.48 Å². The fourth-order valence-electron chi connectivity index (χ4n) is 2.78. The Balaban J connectivity index is 1.41. The van der Waals surface area contributed by atoms with Gasteiger partial charge in [0, 0.05) is 31.6 Å². The summed E-state index contributed by atoms with van der Waals surface area (Å²) >= 11 is 0. The van der Waals surface area contributed by atoms with Gasteiger partial charge in [0.15, 0.2) is 0 Å². The van der Waals surface area contributed by atoms with Gasteiger partial charge in [-0.15, -0.1) is 0 Å². The van der Waals surface area contributed by atoms with Crippen LogP contribution in [0.4, 0.5) is 4.39 Å². The van der Waals surface area contributed by atoms with Crippen molar-refractivity contribution in [3.05, 3.63) is 53.4 Å². The van der Waals surface area contributed by atoms with Crippen LogP contribution in [0.15, 0.2) is 34.9 Å². The third kappa shape index (κ3) is 4.99. The third-order valence-corrected chi connectivity index (χ3v) is 4.12. The third-order valence-electron chi connectivity index (χ3n) is 4.12. The lowest BCUT2D eigenvalue weighted by molar-refractivity contribution is -0.121. The van der Waals surface area contributed by atoms with Crippen molar-refractivity contribution in [1.29, 1.82) is 0 Å². The average Bonchev–Trinajstić information content (AvgIpc) is 3.23. The molecule has 8 heteroatoms. The predicted octanol–water partition coefficient (Wildman–Crippen LogP) is 2.83. The summed E-state index contributed by atoms with van der Waals surface area (Å²) in [5.74, 6) is -0.00125. The summed E-state index contributed by atoms with van der Waals surface area (Å²) < 4.78 is 20.8. The van der Waals surface area contributed by atoms with Crippen LogP contribution >= 0.6 is 0 Å². The Hall–Kier alpha value is -3.03. The van der Waals surface area contributed by atoms with E-state index in [0.717, 1.165) is 24.4 Å². The molecule has 0 aliphatic rings. The van der Waals surface area contributed by atoms with Gasteiger partial charge in [-0.1, -0.05) is 17.3 Å². The maximum absolute atomic E-state index is 13.7. The molecule has 7 nitrogen and oxygen atoms in total. The van der Waals surface area contributed by atoms with Gasteiger partial charge in [0.05, 0.1) is 11.3 Å². The molecule has 0 saturated carbocycles. The lowest BCUT2D eigenvalue weighted by Crippen LogP contribution is -2.25. The number of nitrogens with one attached hydrogen (secondary N) is 1. The summed E-state index contributed by atoms with van der Waals surface area (Å²) in [6.07, 6.45) is 1.34. The van der Waals surface area contributed by atoms with E-state index in [1.807, 2.05) is 24.6 Å². The number of carbonyl (C=O) groups excluding carboxylic acids is 1. The number of nitrogens with zero attached hydrogens (tertiary/aromatic N) is 4. The topological polar surface area (TPSA) is 85.8 Å². The molecule has 3 aromatic rings. The zero-order chi connectivity index (χ0) is 19.2. The molecule has 0 spiro atoms. The Bertz CT molecular complexity index is 918. The molecule has 142 valence electrons. The minimum Gasteiger partial charge on any atom is -0.356 e. The zero-order valence-corrected chi connectivity index (χ0v) is 15.4. The van der Waals surface area contributed by atoms with Crippen molar-refractivity contribution in [2.24, 2.45) is 0 Å². The molecule has 0 atom stereocenters. The number of amides is 1. The quantitative estimate of drug-likeness (QED) is 0.616. The Morgan fingerprint density at radius 2 is 2.11 bits per heavy atom. The molecule has 0 aliphatic heterocycles. The van der Waals surface area contributed by atoms with Gasteiger partial charge in [0.1, 0.15) is 5.82 Å². The summed E-state index contributed by atoms with van der Waals surface area (Å²) in [6.45, 7) is 5.30. The van der Waals surface area contributed by atoms with Gasteiger partial charge in [-0.05, 0) is 38.5 Å². The second-order valence-corrected chi connectivity index (χ2v) is 6.35. The summed E-state index contributed by atoms with van der Waals surface area (Å²) in [6, 6.07) is 8.25. The Morgan fingerprint density at radius 1 is 1.30 bits per heavy atom. The van der Waals surface area contributed by atoms with Gasteiger partial charge < -0.3 is 9.84 Å². The molecule has 0 bridgehead atoms. The van der Waals surface area contributed by atoms with Gasteiger partial charge in [0.2, 0.25) is 17.6 Å². The number of carbonyl (C=O) groups is 1. The molecule has 2 heterocycles. The molecular formula is C19H22FN5O2. The number of aryl methyl sites for hydroxylation is 4. The summed E-state index contributed by atoms with van der Waals surface area (Å²) in [5, 5.41) is 11.0. The van der Waals surface area contributed by atoms with E-state index >= 15 is 0 Å². The molecule has 0 saturated heterocycles. The first-order chi connectivity index (χ1) is 13.0. The number of rotatable bonds is 8. The van der Waals surface area contributed by atoms with Gasteiger partial charge >= 0.3 is 0 Å². The molecule has 1 aromatic carbocycles. The van der Waals surface area contributed by atoms with E-state index in [9.17, 15) is 9.18 Å². The average molecular weight is 371 g/mol. The van der Waals surface area contributed by atoms with Gasteiger partial charge in [0.25, 0.3) is 0 Å². The maximum atomic E-state index is 13.7. The van der Waals surface area contributed by atoms with Gasteiger partial charge in [-0.2, -0.15) is 10.1 Å². The Morgan fingerprint density at radius 3 is 2.85 bits per heavy atom. The van der Waals surface area contributed by atoms with Crippen molar-refractivity contribution in [1.82, 2.24) is 25.2 Å². The fourth-order valence-corrected chi connectivity index (χ4v) is 2.78. The first-order valence-corrected chi connectivity index (χ1v) is 8.88. The molecule has 0 aliphatic carbocycles. The van der Waals surface area contributed by atoms with Crippen LogP contribution in [-0.2, 0) is 17.8 Å². The van der Waals surface area contributed by atoms with Crippen LogP contribution in [0.25, 0.3) is 11.4 Å². The van der Waals surface area contributed by atoms with Crippen LogP contribution in [-0.4, -0.2) is 32.4 Å². The van der Waals surface area contributed by atoms with E-state index in [1.54, 1.807) is 18.2 Å². The minimum absolute atomic E-state index is 0.0889. The molecule has 0 radical (unpaired) electrons. The van der Waals surface area contributed by atoms with Crippen LogP contribution < -0.4 is 5.32 Å². The van der Waals surface area contributed by atoms with Crippen molar-refractivity contribution >= 4 is 5.91 Å². The molecule has 1 N–H and O–H groups in total. The maximum Gasteiger partial charge on any atom is 0.227 e. The van der Waals surface area contributed by atoms with E-state index in [1.165, 1.54) is 6.07 Å². The molecule has 0 unspecified atom stereocenters. The first kappa shape index (κ1) is 18.8. The summed E-state index contributed by atoms with van der Waals surface area (Å²) in [5.41, 5.74) is 2.38. The SMILES string of the molecule is Cc1cc(C)n(CCCNC(=O)CCc2nc(-c3ccccc3F)no2)n1. The fraction of sp³-hybridized carbons (Fsp3) is 0.368. The molecule has 2 aromatic heterocycles. The highest BCUT2D eigenvalue weighted by Crippen LogP contribution is 2.19. The van der Waals surface area contributed by atoms with Crippen molar-refractivity contribution in [2.75, 3.05) is 6.54 Å². The predicted molar refractivity (Wildman–Crippen MR) is 97.3 cm³/mol. The zero-order valence-electron chi connectivity index (χ0n) is 15.4. The second kappa shape index (κ2) is 8.57. The van der Waals surface area contributed by atoms with Crippen LogP contribution in [0, 0.1) is 19.7 Å². The highest BCUT2D eigenvalue weighted by Gasteiger charge is 2.13. The van der Waals surface area contributed by atoms with Crippen LogP contribution in [0.5, 0.6) is 0 Å². The van der Waals surface area contributed by atoms with Crippen LogP contribution in [0.1, 0.15) is 30.1 Å². The Kier molecular flexibility index (Phi) is 5.95. The summed E-state index contributed by atoms with van der Waals surface area (Å²) in [7, 11) is 0. The number of hydrogen-bond acceptors (Lipinski definition) is 5.